The Balaban J connectivity index is 2.25. The van der Waals surface area contributed by atoms with E-state index >= 15 is 0 Å². The highest BCUT2D eigenvalue weighted by Crippen LogP contribution is 2.06. The van der Waals surface area contributed by atoms with E-state index < -0.39 is 0 Å². The van der Waals surface area contributed by atoms with Crippen molar-refractivity contribution in [3.05, 3.63) is 0 Å². The van der Waals surface area contributed by atoms with Crippen molar-refractivity contribution in [2.24, 2.45) is 5.73 Å². The molecule has 3 N–H and O–H groups in total. The van der Waals surface area contributed by atoms with Gasteiger partial charge in [-0.25, -0.2) is 0 Å². The van der Waals surface area contributed by atoms with E-state index in [1.165, 1.54) is 0 Å². The molecule has 0 aromatic carbocycles. The van der Waals surface area contributed by atoms with Crippen LogP contribution >= 0.6 is 0 Å². The molecule has 0 saturated carbocycles. The van der Waals surface area contributed by atoms with Gasteiger partial charge in [0.1, 0.15) is 0 Å². The van der Waals surface area contributed by atoms with E-state index in [2.05, 4.69) is 12.2 Å². The Morgan fingerprint density at radius 3 is 3.10 bits per heavy atom. The summed E-state index contributed by atoms with van der Waals surface area (Å²) in [6.07, 6.45) is 2.49. The van der Waals surface area contributed by atoms with Crippen LogP contribution in [0.15, 0.2) is 0 Å². The molecule has 1 aliphatic heterocycles. The Morgan fingerprint density at radius 1 is 1.70 bits per heavy atom. The zero-order valence-electron chi connectivity index (χ0n) is 6.47. The number of nitrogens with two attached hydrogens (primary N) is 1. The van der Waals surface area contributed by atoms with E-state index in [0.29, 0.717) is 0 Å². The second kappa shape index (κ2) is 3.91. The van der Waals surface area contributed by atoms with Gasteiger partial charge in [-0.3, -0.25) is 5.32 Å². The summed E-state index contributed by atoms with van der Waals surface area (Å²) in [7, 11) is 0. The van der Waals surface area contributed by atoms with Gasteiger partial charge in [-0.1, -0.05) is 13.3 Å². The molecule has 1 heterocycles. The van der Waals surface area contributed by atoms with Crippen LogP contribution in [0.5, 0.6) is 0 Å². The van der Waals surface area contributed by atoms with Crippen LogP contribution in [0.3, 0.4) is 0 Å². The van der Waals surface area contributed by atoms with Crippen molar-refractivity contribution >= 4 is 0 Å². The zero-order chi connectivity index (χ0) is 7.40. The van der Waals surface area contributed by atoms with Crippen molar-refractivity contribution < 1.29 is 4.74 Å². The van der Waals surface area contributed by atoms with Gasteiger partial charge < -0.3 is 10.5 Å². The molecule has 0 bridgehead atoms. The van der Waals surface area contributed by atoms with Crippen LogP contribution in [0.1, 0.15) is 19.8 Å². The fraction of sp³-hybridized carbons (Fsp3) is 1.00. The Labute approximate surface area is 61.9 Å². The number of ether oxygens (including phenoxy) is 1. The van der Waals surface area contributed by atoms with Crippen molar-refractivity contribution in [3.63, 3.8) is 0 Å². The fourth-order valence-electron chi connectivity index (χ4n) is 1.22. The molecule has 0 aliphatic carbocycles. The maximum atomic E-state index is 5.73. The number of morpholine rings is 1. The monoisotopic (exact) mass is 144 g/mol. The normalized spacial score (nSPS) is 34.2. The van der Waals surface area contributed by atoms with E-state index in [4.69, 9.17) is 10.5 Å². The average Bonchev–Trinajstić information content (AvgIpc) is 1.94. The molecular weight excluding hydrogens is 128 g/mol. The van der Waals surface area contributed by atoms with Gasteiger partial charge in [-0.15, -0.1) is 0 Å². The molecule has 0 radical (unpaired) electrons. The first-order chi connectivity index (χ1) is 4.84. The van der Waals surface area contributed by atoms with Gasteiger partial charge >= 0.3 is 0 Å². The Bertz CT molecular complexity index is 95.6. The molecule has 0 aromatic rings. The second-order valence-electron chi connectivity index (χ2n) is 2.68. The average molecular weight is 144 g/mol. The van der Waals surface area contributed by atoms with Crippen LogP contribution in [-0.2, 0) is 4.74 Å². The number of hydrogen-bond acceptors (Lipinski definition) is 3. The molecule has 3 heteroatoms. The van der Waals surface area contributed by atoms with Crippen molar-refractivity contribution in [3.8, 4) is 0 Å². The predicted molar refractivity (Wildman–Crippen MR) is 40.6 cm³/mol. The lowest BCUT2D eigenvalue weighted by atomic mass is 10.1. The predicted octanol–water partition coefficient (Wildman–Crippen LogP) is 0.0597. The molecular formula is C7H16N2O. The summed E-state index contributed by atoms with van der Waals surface area (Å²) < 4.78 is 5.44. The van der Waals surface area contributed by atoms with E-state index in [1.807, 2.05) is 0 Å². The minimum atomic E-state index is 0.0497. The Morgan fingerprint density at radius 2 is 2.50 bits per heavy atom. The third-order valence-electron chi connectivity index (χ3n) is 1.79. The quantitative estimate of drug-likeness (QED) is 0.576. The Kier molecular flexibility index (Phi) is 3.12. The van der Waals surface area contributed by atoms with Crippen LogP contribution in [-0.4, -0.2) is 25.4 Å². The smallest absolute Gasteiger partial charge is 0.0858 e. The molecule has 1 rings (SSSR count). The lowest BCUT2D eigenvalue weighted by Crippen LogP contribution is -2.53. The molecule has 1 fully saturated rings. The maximum absolute atomic E-state index is 5.73. The molecule has 2 atom stereocenters. The highest BCUT2D eigenvalue weighted by Gasteiger charge is 2.20. The molecule has 0 spiro atoms. The number of hydrogen-bond donors (Lipinski definition) is 2. The zero-order valence-corrected chi connectivity index (χ0v) is 6.47. The summed E-state index contributed by atoms with van der Waals surface area (Å²) in [4.78, 5) is 0. The van der Waals surface area contributed by atoms with Crippen LogP contribution in [0, 0.1) is 0 Å². The highest BCUT2D eigenvalue weighted by atomic mass is 16.5. The van der Waals surface area contributed by atoms with E-state index in [0.717, 1.165) is 26.0 Å². The van der Waals surface area contributed by atoms with Gasteiger partial charge in [0.2, 0.25) is 0 Å². The van der Waals surface area contributed by atoms with Crippen LogP contribution in [0.2, 0.25) is 0 Å². The molecule has 1 aliphatic rings. The molecule has 1 saturated heterocycles. The fourth-order valence-corrected chi connectivity index (χ4v) is 1.22. The topological polar surface area (TPSA) is 47.3 Å². The largest absolute Gasteiger partial charge is 0.374 e. The molecule has 60 valence electrons. The van der Waals surface area contributed by atoms with Crippen LogP contribution < -0.4 is 11.1 Å². The van der Waals surface area contributed by atoms with Gasteiger partial charge in [0, 0.05) is 6.54 Å². The van der Waals surface area contributed by atoms with Crippen molar-refractivity contribution in [2.45, 2.75) is 32.0 Å². The summed E-state index contributed by atoms with van der Waals surface area (Å²) in [5.74, 6) is 0. The summed E-state index contributed by atoms with van der Waals surface area (Å²) in [6.45, 7) is 3.84. The van der Waals surface area contributed by atoms with E-state index in [1.54, 1.807) is 0 Å². The third-order valence-corrected chi connectivity index (χ3v) is 1.79. The van der Waals surface area contributed by atoms with Gasteiger partial charge in [0.15, 0.2) is 0 Å². The molecule has 3 nitrogen and oxygen atoms in total. The van der Waals surface area contributed by atoms with Crippen LogP contribution in [0.25, 0.3) is 0 Å². The molecule has 10 heavy (non-hydrogen) atoms. The molecule has 0 amide bonds. The van der Waals surface area contributed by atoms with Crippen molar-refractivity contribution in [1.82, 2.24) is 5.32 Å². The first-order valence-electron chi connectivity index (χ1n) is 3.95. The lowest BCUT2D eigenvalue weighted by Gasteiger charge is -2.29. The first kappa shape index (κ1) is 7.98. The second-order valence-corrected chi connectivity index (χ2v) is 2.68. The minimum Gasteiger partial charge on any atom is -0.374 e. The molecule has 0 aromatic heterocycles. The summed E-state index contributed by atoms with van der Waals surface area (Å²) in [5.41, 5.74) is 5.73. The molecule has 2 unspecified atom stereocenters. The third kappa shape index (κ3) is 1.94. The first-order valence-corrected chi connectivity index (χ1v) is 3.95. The van der Waals surface area contributed by atoms with E-state index in [9.17, 15) is 0 Å². The summed E-state index contributed by atoms with van der Waals surface area (Å²) >= 11 is 0. The summed E-state index contributed by atoms with van der Waals surface area (Å²) in [6, 6.07) is 0. The highest BCUT2D eigenvalue weighted by molar-refractivity contribution is 4.74. The van der Waals surface area contributed by atoms with Crippen LogP contribution in [0.4, 0.5) is 0 Å². The van der Waals surface area contributed by atoms with Gasteiger partial charge in [0.05, 0.1) is 18.9 Å². The van der Waals surface area contributed by atoms with Crippen molar-refractivity contribution in [2.75, 3.05) is 13.2 Å². The SMILES string of the molecule is CCCC1OCCNC1N. The van der Waals surface area contributed by atoms with Gasteiger partial charge in [-0.2, -0.15) is 0 Å². The van der Waals surface area contributed by atoms with E-state index in [-0.39, 0.29) is 12.3 Å². The number of nitrogens with one attached hydrogen (secondary N) is 1. The van der Waals surface area contributed by atoms with Gasteiger partial charge in [0.25, 0.3) is 0 Å². The standard InChI is InChI=1S/C7H16N2O/c1-2-3-6-7(8)9-4-5-10-6/h6-7,9H,2-5,8H2,1H3. The number of rotatable bonds is 2. The minimum absolute atomic E-state index is 0.0497. The Hall–Kier alpha value is -0.120. The van der Waals surface area contributed by atoms with Crippen molar-refractivity contribution in [1.29, 1.82) is 0 Å². The lowest BCUT2D eigenvalue weighted by molar-refractivity contribution is -0.00712. The summed E-state index contributed by atoms with van der Waals surface area (Å²) in [5, 5.41) is 3.17. The maximum Gasteiger partial charge on any atom is 0.0858 e. The van der Waals surface area contributed by atoms with Gasteiger partial charge in [-0.05, 0) is 6.42 Å².